The number of piperidine rings is 2. The fraction of sp³-hybridized carbons (Fsp3) is 0.409. The number of aryl methyl sites for hydroxylation is 1. The van der Waals surface area contributed by atoms with E-state index in [9.17, 15) is 13.9 Å². The van der Waals surface area contributed by atoms with E-state index in [1.54, 1.807) is 24.1 Å². The summed E-state index contributed by atoms with van der Waals surface area (Å²) in [6, 6.07) is 5.89. The fourth-order valence-corrected chi connectivity index (χ4v) is 4.53. The van der Waals surface area contributed by atoms with Crippen LogP contribution in [0.2, 0.25) is 0 Å². The fourth-order valence-electron chi connectivity index (χ4n) is 4.53. The van der Waals surface area contributed by atoms with Crippen LogP contribution in [0.3, 0.4) is 0 Å². The van der Waals surface area contributed by atoms with Gasteiger partial charge in [-0.05, 0) is 36.6 Å². The van der Waals surface area contributed by atoms with E-state index in [1.807, 2.05) is 0 Å². The van der Waals surface area contributed by atoms with Crippen LogP contribution in [-0.4, -0.2) is 49.4 Å². The van der Waals surface area contributed by atoms with Crippen LogP contribution in [0.1, 0.15) is 25.7 Å². The summed E-state index contributed by atoms with van der Waals surface area (Å²) in [4.78, 5) is 0. The van der Waals surface area contributed by atoms with E-state index >= 15 is 0 Å². The van der Waals surface area contributed by atoms with Gasteiger partial charge in [0.2, 0.25) is 5.88 Å². The first-order valence-corrected chi connectivity index (χ1v) is 10.4. The Labute approximate surface area is 178 Å². The summed E-state index contributed by atoms with van der Waals surface area (Å²) in [6.07, 6.45) is 5.04. The van der Waals surface area contributed by atoms with Gasteiger partial charge in [0, 0.05) is 43.4 Å². The van der Waals surface area contributed by atoms with Crippen molar-refractivity contribution >= 4 is 0 Å². The monoisotopic (exact) mass is 427 g/mol. The molecule has 4 atom stereocenters. The van der Waals surface area contributed by atoms with Crippen molar-refractivity contribution in [1.29, 1.82) is 0 Å². The summed E-state index contributed by atoms with van der Waals surface area (Å²) >= 11 is 0. The average Bonchev–Trinajstić information content (AvgIpc) is 3.19. The molecule has 2 unspecified atom stereocenters. The molecule has 9 heteroatoms. The smallest absolute Gasteiger partial charge is 0.233 e. The summed E-state index contributed by atoms with van der Waals surface area (Å²) in [7, 11) is 1.76. The highest BCUT2D eigenvalue weighted by atomic mass is 19.1. The Hall–Kier alpha value is -3.07. The van der Waals surface area contributed by atoms with E-state index in [1.165, 1.54) is 24.3 Å². The molecule has 5 rings (SSSR count). The van der Waals surface area contributed by atoms with Crippen molar-refractivity contribution < 1.29 is 18.6 Å². The summed E-state index contributed by atoms with van der Waals surface area (Å²) in [6.45, 7) is 0. The van der Waals surface area contributed by atoms with Gasteiger partial charge in [-0.2, -0.15) is 5.10 Å². The normalized spacial score (nSPS) is 25.4. The predicted molar refractivity (Wildman–Crippen MR) is 110 cm³/mol. The van der Waals surface area contributed by atoms with Crippen LogP contribution < -0.4 is 10.1 Å². The predicted octanol–water partition coefficient (Wildman–Crippen LogP) is 3.39. The van der Waals surface area contributed by atoms with Crippen LogP contribution in [-0.2, 0) is 7.05 Å². The number of phenols is 1. The lowest BCUT2D eigenvalue weighted by Gasteiger charge is -2.42. The van der Waals surface area contributed by atoms with E-state index < -0.39 is 18.1 Å². The van der Waals surface area contributed by atoms with Crippen molar-refractivity contribution in [2.24, 2.45) is 7.05 Å². The molecular formula is C22H23F2N5O2. The molecule has 0 radical (unpaired) electrons. The highest BCUT2D eigenvalue weighted by Crippen LogP contribution is 2.36. The SMILES string of the molecule is Cn1cc(-c2cc(O)c(-c3ccc(O[C@H]4CC5CCCC(N5)[C@H]4F)nn3)c(F)c2)cn1. The van der Waals surface area contributed by atoms with Crippen LogP contribution in [0.5, 0.6) is 11.6 Å². The maximum absolute atomic E-state index is 14.8. The Bertz CT molecular complexity index is 1060. The number of rotatable bonds is 4. The summed E-state index contributed by atoms with van der Waals surface area (Å²) in [5.74, 6) is -0.697. The molecule has 7 nitrogen and oxygen atoms in total. The zero-order valence-corrected chi connectivity index (χ0v) is 17.0. The average molecular weight is 427 g/mol. The van der Waals surface area contributed by atoms with Crippen molar-refractivity contribution in [3.63, 3.8) is 0 Å². The van der Waals surface area contributed by atoms with Crippen molar-refractivity contribution in [1.82, 2.24) is 25.3 Å². The van der Waals surface area contributed by atoms with Crippen LogP contribution in [0.25, 0.3) is 22.4 Å². The number of nitrogens with zero attached hydrogens (tertiary/aromatic N) is 4. The van der Waals surface area contributed by atoms with Gasteiger partial charge in [0.15, 0.2) is 6.17 Å². The molecule has 0 aliphatic carbocycles. The molecule has 4 heterocycles. The summed E-state index contributed by atoms with van der Waals surface area (Å²) < 4.78 is 36.9. The second kappa shape index (κ2) is 7.88. The molecule has 0 spiro atoms. The minimum Gasteiger partial charge on any atom is -0.507 e. The molecule has 1 aromatic carbocycles. The lowest BCUT2D eigenvalue weighted by molar-refractivity contribution is 0.00652. The third-order valence-electron chi connectivity index (χ3n) is 6.05. The Kier molecular flexibility index (Phi) is 5.05. The van der Waals surface area contributed by atoms with Gasteiger partial charge in [0.05, 0.1) is 17.5 Å². The first kappa shape index (κ1) is 19.9. The van der Waals surface area contributed by atoms with Gasteiger partial charge in [-0.3, -0.25) is 4.68 Å². The number of aromatic hydroxyl groups is 1. The first-order valence-electron chi connectivity index (χ1n) is 10.4. The van der Waals surface area contributed by atoms with E-state index in [2.05, 4.69) is 20.6 Å². The third kappa shape index (κ3) is 3.85. The molecule has 0 saturated carbocycles. The number of hydrogen-bond donors (Lipinski definition) is 2. The molecule has 31 heavy (non-hydrogen) atoms. The van der Waals surface area contributed by atoms with E-state index in [0.717, 1.165) is 19.3 Å². The van der Waals surface area contributed by atoms with Gasteiger partial charge in [-0.15, -0.1) is 10.2 Å². The molecule has 2 fully saturated rings. The number of benzene rings is 1. The molecule has 0 amide bonds. The minimum absolute atomic E-state index is 0.0496. The second-order valence-corrected chi connectivity index (χ2v) is 8.25. The van der Waals surface area contributed by atoms with Crippen molar-refractivity contribution in [2.75, 3.05) is 0 Å². The van der Waals surface area contributed by atoms with Crippen LogP contribution in [0.4, 0.5) is 8.78 Å². The third-order valence-corrected chi connectivity index (χ3v) is 6.05. The number of halogens is 2. The zero-order valence-electron chi connectivity index (χ0n) is 17.0. The Morgan fingerprint density at radius 2 is 2.06 bits per heavy atom. The number of hydrogen-bond acceptors (Lipinski definition) is 6. The molecular weight excluding hydrogens is 404 g/mol. The van der Waals surface area contributed by atoms with Gasteiger partial charge in [-0.25, -0.2) is 8.78 Å². The summed E-state index contributed by atoms with van der Waals surface area (Å²) in [5, 5.41) is 25.8. The van der Waals surface area contributed by atoms with Crippen molar-refractivity contribution in [3.8, 4) is 34.0 Å². The Balaban J connectivity index is 1.35. The number of fused-ring (bicyclic) bond motifs is 2. The van der Waals surface area contributed by atoms with E-state index in [-0.39, 0.29) is 35.0 Å². The van der Waals surface area contributed by atoms with Crippen LogP contribution in [0.15, 0.2) is 36.7 Å². The Morgan fingerprint density at radius 3 is 2.77 bits per heavy atom. The van der Waals surface area contributed by atoms with Gasteiger partial charge >= 0.3 is 0 Å². The number of phenolic OH excluding ortho intramolecular Hbond substituents is 1. The standard InChI is InChI=1S/C22H23F2N5O2/c1-29-11-13(10-25-29)12-7-15(23)21(18(30)8-12)16-5-6-20(28-27-16)31-19-9-14-3-2-4-17(26-14)22(19)24/h5-8,10-11,14,17,19,22,26,30H,2-4,9H2,1H3/t14?,17?,19-,22+/m0/s1. The molecule has 2 saturated heterocycles. The van der Waals surface area contributed by atoms with Gasteiger partial charge in [-0.1, -0.05) is 6.42 Å². The Morgan fingerprint density at radius 1 is 1.19 bits per heavy atom. The second-order valence-electron chi connectivity index (χ2n) is 8.25. The number of aromatic nitrogens is 4. The van der Waals surface area contributed by atoms with Crippen LogP contribution in [0, 0.1) is 5.82 Å². The first-order chi connectivity index (χ1) is 15.0. The zero-order chi connectivity index (χ0) is 21.5. The molecule has 2 aliphatic heterocycles. The van der Waals surface area contributed by atoms with Gasteiger partial charge < -0.3 is 15.2 Å². The molecule has 2 aromatic heterocycles. The van der Waals surface area contributed by atoms with Gasteiger partial charge in [0.1, 0.15) is 17.7 Å². The molecule has 162 valence electrons. The van der Waals surface area contributed by atoms with Crippen LogP contribution >= 0.6 is 0 Å². The highest BCUT2D eigenvalue weighted by molar-refractivity contribution is 5.74. The molecule has 2 aliphatic rings. The number of alkyl halides is 1. The summed E-state index contributed by atoms with van der Waals surface area (Å²) in [5.41, 5.74) is 1.31. The minimum atomic E-state index is -1.11. The van der Waals surface area contributed by atoms with E-state index in [4.69, 9.17) is 4.74 Å². The van der Waals surface area contributed by atoms with Crippen molar-refractivity contribution in [3.05, 3.63) is 42.5 Å². The lowest BCUT2D eigenvalue weighted by Crippen LogP contribution is -2.59. The topological polar surface area (TPSA) is 85.1 Å². The number of ether oxygens (including phenoxy) is 1. The lowest BCUT2D eigenvalue weighted by atomic mass is 9.84. The number of nitrogens with one attached hydrogen (secondary N) is 1. The highest BCUT2D eigenvalue weighted by Gasteiger charge is 2.41. The maximum atomic E-state index is 14.8. The molecule has 2 bridgehead atoms. The molecule has 2 N–H and O–H groups in total. The quantitative estimate of drug-likeness (QED) is 0.664. The maximum Gasteiger partial charge on any atom is 0.233 e. The largest absolute Gasteiger partial charge is 0.507 e. The van der Waals surface area contributed by atoms with Crippen molar-refractivity contribution in [2.45, 2.75) is 50.0 Å². The van der Waals surface area contributed by atoms with E-state index in [0.29, 0.717) is 17.5 Å². The van der Waals surface area contributed by atoms with Gasteiger partial charge in [0.25, 0.3) is 0 Å². The molecule has 3 aromatic rings.